The highest BCUT2D eigenvalue weighted by atomic mass is 16.2. The molecule has 6 nitrogen and oxygen atoms in total. The molecule has 16 heavy (non-hydrogen) atoms. The van der Waals surface area contributed by atoms with Crippen LogP contribution in [0.5, 0.6) is 0 Å². The van der Waals surface area contributed by atoms with Gasteiger partial charge < -0.3 is 10.6 Å². The molecule has 0 radical (unpaired) electrons. The average Bonchev–Trinajstić information content (AvgIpc) is 2.35. The number of nitrogens with zero attached hydrogens (tertiary/aromatic N) is 2. The first-order valence-electron chi connectivity index (χ1n) is 4.78. The van der Waals surface area contributed by atoms with Crippen LogP contribution < -0.4 is 10.6 Å². The van der Waals surface area contributed by atoms with Gasteiger partial charge in [-0.25, -0.2) is 14.5 Å². The zero-order valence-electron chi connectivity index (χ0n) is 9.23. The van der Waals surface area contributed by atoms with Crippen molar-refractivity contribution in [3.8, 4) is 0 Å². The Labute approximate surface area is 93.7 Å². The van der Waals surface area contributed by atoms with Crippen molar-refractivity contribution < 1.29 is 9.59 Å². The summed E-state index contributed by atoms with van der Waals surface area (Å²) < 4.78 is 0. The van der Waals surface area contributed by atoms with E-state index in [9.17, 15) is 9.59 Å². The largest absolute Gasteiger partial charge is 0.341 e. The maximum absolute atomic E-state index is 11.4. The second kappa shape index (κ2) is 5.69. The molecule has 0 aliphatic rings. The quantitative estimate of drug-likeness (QED) is 0.768. The van der Waals surface area contributed by atoms with Crippen LogP contribution in [-0.2, 0) is 6.54 Å². The van der Waals surface area contributed by atoms with Crippen LogP contribution in [0, 0.1) is 0 Å². The summed E-state index contributed by atoms with van der Waals surface area (Å²) in [5.74, 6) is 0. The molecule has 4 amide bonds. The number of aromatic nitrogens is 1. The molecule has 0 bridgehead atoms. The smallest absolute Gasteiger partial charge is 0.325 e. The summed E-state index contributed by atoms with van der Waals surface area (Å²) in [4.78, 5) is 27.5. The predicted molar refractivity (Wildman–Crippen MR) is 58.7 cm³/mol. The van der Waals surface area contributed by atoms with Gasteiger partial charge in [-0.1, -0.05) is 6.07 Å². The van der Waals surface area contributed by atoms with Crippen LogP contribution in [0.25, 0.3) is 0 Å². The maximum atomic E-state index is 11.4. The van der Waals surface area contributed by atoms with Crippen LogP contribution >= 0.6 is 0 Å². The molecular weight excluding hydrogens is 208 g/mol. The van der Waals surface area contributed by atoms with Gasteiger partial charge in [0, 0.05) is 20.3 Å². The Hall–Kier alpha value is -2.11. The molecule has 1 rings (SSSR count). The van der Waals surface area contributed by atoms with Crippen LogP contribution in [0.3, 0.4) is 0 Å². The van der Waals surface area contributed by atoms with E-state index < -0.39 is 12.1 Å². The fourth-order valence-electron chi connectivity index (χ4n) is 1.05. The fourth-order valence-corrected chi connectivity index (χ4v) is 1.05. The van der Waals surface area contributed by atoms with Crippen LogP contribution in [0.15, 0.2) is 24.4 Å². The zero-order chi connectivity index (χ0) is 12.0. The number of carbonyl (C=O) groups is 2. The molecule has 6 heteroatoms. The van der Waals surface area contributed by atoms with Gasteiger partial charge in [0.15, 0.2) is 0 Å². The summed E-state index contributed by atoms with van der Waals surface area (Å²) in [7, 11) is 2.86. The minimum atomic E-state index is -0.468. The first-order chi connectivity index (χ1) is 7.65. The van der Waals surface area contributed by atoms with Crippen molar-refractivity contribution in [1.29, 1.82) is 0 Å². The number of pyridine rings is 1. The molecule has 0 spiro atoms. The average molecular weight is 222 g/mol. The number of hydrogen-bond acceptors (Lipinski definition) is 3. The molecule has 0 fully saturated rings. The van der Waals surface area contributed by atoms with Crippen molar-refractivity contribution in [1.82, 2.24) is 20.5 Å². The molecule has 0 aliphatic carbocycles. The number of rotatable bonds is 2. The van der Waals surface area contributed by atoms with E-state index in [1.165, 1.54) is 14.1 Å². The minimum absolute atomic E-state index is 0.293. The highest BCUT2D eigenvalue weighted by molar-refractivity contribution is 5.92. The molecule has 0 aliphatic heterocycles. The third kappa shape index (κ3) is 3.23. The maximum Gasteiger partial charge on any atom is 0.325 e. The first kappa shape index (κ1) is 12.0. The third-order valence-electron chi connectivity index (χ3n) is 1.97. The van der Waals surface area contributed by atoms with Gasteiger partial charge >= 0.3 is 12.1 Å². The van der Waals surface area contributed by atoms with E-state index in [1.54, 1.807) is 18.3 Å². The van der Waals surface area contributed by atoms with Crippen LogP contribution in [0.1, 0.15) is 5.69 Å². The molecule has 1 aromatic rings. The van der Waals surface area contributed by atoms with Gasteiger partial charge in [-0.3, -0.25) is 4.98 Å². The summed E-state index contributed by atoms with van der Waals surface area (Å²) in [5, 5.41) is 4.93. The Bertz CT molecular complexity index is 366. The van der Waals surface area contributed by atoms with E-state index in [0.717, 1.165) is 10.6 Å². The molecule has 0 saturated heterocycles. The predicted octanol–water partition coefficient (Wildman–Crippen LogP) is 0.562. The van der Waals surface area contributed by atoms with E-state index in [-0.39, 0.29) is 0 Å². The Balaban J connectivity index is 2.44. The molecule has 1 aromatic heterocycles. The van der Waals surface area contributed by atoms with Gasteiger partial charge in [-0.15, -0.1) is 0 Å². The lowest BCUT2D eigenvalue weighted by Gasteiger charge is -2.15. The fraction of sp³-hybridized carbons (Fsp3) is 0.300. The highest BCUT2D eigenvalue weighted by Gasteiger charge is 2.14. The van der Waals surface area contributed by atoms with E-state index >= 15 is 0 Å². The van der Waals surface area contributed by atoms with Crippen molar-refractivity contribution in [2.45, 2.75) is 6.54 Å². The van der Waals surface area contributed by atoms with Crippen molar-refractivity contribution in [3.05, 3.63) is 30.1 Å². The number of imide groups is 1. The summed E-state index contributed by atoms with van der Waals surface area (Å²) in [6, 6.07) is 4.49. The second-order valence-corrected chi connectivity index (χ2v) is 3.09. The molecule has 0 aromatic carbocycles. The molecule has 0 saturated carbocycles. The summed E-state index contributed by atoms with van der Waals surface area (Å²) >= 11 is 0. The van der Waals surface area contributed by atoms with Crippen molar-refractivity contribution >= 4 is 12.1 Å². The van der Waals surface area contributed by atoms with Gasteiger partial charge in [-0.2, -0.15) is 0 Å². The van der Waals surface area contributed by atoms with Crippen LogP contribution in [0.4, 0.5) is 9.59 Å². The number of carbonyl (C=O) groups excluding carboxylic acids is 2. The van der Waals surface area contributed by atoms with Gasteiger partial charge in [0.2, 0.25) is 0 Å². The van der Waals surface area contributed by atoms with E-state index in [0.29, 0.717) is 6.54 Å². The van der Waals surface area contributed by atoms with Crippen molar-refractivity contribution in [2.24, 2.45) is 0 Å². The van der Waals surface area contributed by atoms with Gasteiger partial charge in [-0.05, 0) is 12.1 Å². The zero-order valence-corrected chi connectivity index (χ0v) is 9.23. The first-order valence-corrected chi connectivity index (χ1v) is 4.78. The van der Waals surface area contributed by atoms with Crippen LogP contribution in [0.2, 0.25) is 0 Å². The molecule has 0 unspecified atom stereocenters. The third-order valence-corrected chi connectivity index (χ3v) is 1.97. The number of hydrogen-bond donors (Lipinski definition) is 2. The molecule has 86 valence electrons. The Kier molecular flexibility index (Phi) is 4.26. The number of amides is 4. The van der Waals surface area contributed by atoms with E-state index in [4.69, 9.17) is 0 Å². The van der Waals surface area contributed by atoms with Crippen molar-refractivity contribution in [3.63, 3.8) is 0 Å². The number of urea groups is 2. The monoisotopic (exact) mass is 222 g/mol. The van der Waals surface area contributed by atoms with Crippen LogP contribution in [-0.4, -0.2) is 36.0 Å². The normalized spacial score (nSPS) is 9.38. The minimum Gasteiger partial charge on any atom is -0.341 e. The Morgan fingerprint density at radius 3 is 2.69 bits per heavy atom. The topological polar surface area (TPSA) is 74.3 Å². The summed E-state index contributed by atoms with van der Waals surface area (Å²) in [6.45, 7) is 0.293. The lowest BCUT2D eigenvalue weighted by molar-refractivity contribution is 0.195. The number of nitrogens with one attached hydrogen (secondary N) is 2. The lowest BCUT2D eigenvalue weighted by Crippen LogP contribution is -2.44. The molecule has 2 N–H and O–H groups in total. The highest BCUT2D eigenvalue weighted by Crippen LogP contribution is 1.93. The Morgan fingerprint density at radius 2 is 2.12 bits per heavy atom. The SMILES string of the molecule is CNC(=O)N(C)C(=O)NCc1ccccn1. The lowest BCUT2D eigenvalue weighted by atomic mass is 10.3. The van der Waals surface area contributed by atoms with Gasteiger partial charge in [0.1, 0.15) is 0 Å². The molecular formula is C10H14N4O2. The van der Waals surface area contributed by atoms with E-state index in [1.807, 2.05) is 6.07 Å². The van der Waals surface area contributed by atoms with Gasteiger partial charge in [0.25, 0.3) is 0 Å². The van der Waals surface area contributed by atoms with Crippen molar-refractivity contribution in [2.75, 3.05) is 14.1 Å². The molecule has 0 atom stereocenters. The van der Waals surface area contributed by atoms with Gasteiger partial charge in [0.05, 0.1) is 12.2 Å². The Morgan fingerprint density at radius 1 is 1.38 bits per heavy atom. The molecule has 1 heterocycles. The van der Waals surface area contributed by atoms with E-state index in [2.05, 4.69) is 15.6 Å². The summed E-state index contributed by atoms with van der Waals surface area (Å²) in [6.07, 6.45) is 1.64. The standard InChI is InChI=1S/C10H14N4O2/c1-11-9(15)14(2)10(16)13-7-8-5-3-4-6-12-8/h3-6H,7H2,1-2H3,(H,11,15)(H,13,16). The summed E-state index contributed by atoms with van der Waals surface area (Å²) in [5.41, 5.74) is 0.737. The second-order valence-electron chi connectivity index (χ2n) is 3.09.